The van der Waals surface area contributed by atoms with E-state index in [0.29, 0.717) is 42.4 Å². The number of nitrogens with zero attached hydrogens (tertiary/aromatic N) is 2. The van der Waals surface area contributed by atoms with E-state index in [2.05, 4.69) is 9.98 Å². The molecule has 0 heterocycles. The first-order chi connectivity index (χ1) is 13.9. The molecule has 0 aliphatic rings. The van der Waals surface area contributed by atoms with Crippen molar-refractivity contribution in [1.29, 1.82) is 0 Å². The highest BCUT2D eigenvalue weighted by Gasteiger charge is 2.20. The molecule has 0 saturated carbocycles. The van der Waals surface area contributed by atoms with E-state index in [1.54, 1.807) is 36.7 Å². The third-order valence-electron chi connectivity index (χ3n) is 4.60. The van der Waals surface area contributed by atoms with Crippen molar-refractivity contribution in [2.45, 2.75) is 39.7 Å². The van der Waals surface area contributed by atoms with Gasteiger partial charge >= 0.3 is 0 Å². The van der Waals surface area contributed by atoms with Gasteiger partial charge in [0.15, 0.2) is 23.0 Å². The van der Waals surface area contributed by atoms with Crippen LogP contribution in [0, 0.1) is 0 Å². The molecule has 0 aromatic heterocycles. The molecule has 156 valence electrons. The molecule has 0 fully saturated rings. The molecule has 0 saturated heterocycles. The van der Waals surface area contributed by atoms with Gasteiger partial charge in [-0.05, 0) is 51.5 Å². The highest BCUT2D eigenvalue weighted by Crippen LogP contribution is 2.30. The lowest BCUT2D eigenvalue weighted by atomic mass is 10.00. The average molecular weight is 399 g/mol. The van der Waals surface area contributed by atoms with E-state index < -0.39 is 5.54 Å². The Balaban J connectivity index is 2.14. The third-order valence-corrected chi connectivity index (χ3v) is 4.60. The Bertz CT molecular complexity index is 864. The van der Waals surface area contributed by atoms with Gasteiger partial charge in [-0.3, -0.25) is 9.98 Å². The van der Waals surface area contributed by atoms with E-state index in [1.165, 1.54) is 0 Å². The minimum atomic E-state index is -0.447. The summed E-state index contributed by atoms with van der Waals surface area (Å²) >= 11 is 0. The monoisotopic (exact) mass is 398 g/mol. The van der Waals surface area contributed by atoms with Gasteiger partial charge in [0, 0.05) is 23.6 Å². The molecule has 0 amide bonds. The predicted molar refractivity (Wildman–Crippen MR) is 117 cm³/mol. The Hall–Kier alpha value is -3.02. The molecular weight excluding hydrogens is 368 g/mol. The van der Waals surface area contributed by atoms with Crippen molar-refractivity contribution in [2.75, 3.05) is 19.8 Å². The third kappa shape index (κ3) is 5.98. The summed E-state index contributed by atoms with van der Waals surface area (Å²) in [5.41, 5.74) is 0.750. The van der Waals surface area contributed by atoms with E-state index in [-0.39, 0.29) is 11.5 Å². The van der Waals surface area contributed by atoms with Crippen LogP contribution in [0.15, 0.2) is 46.4 Å². The van der Waals surface area contributed by atoms with Gasteiger partial charge in [-0.15, -0.1) is 0 Å². The molecular formula is C23H30N2O4. The van der Waals surface area contributed by atoms with Crippen molar-refractivity contribution < 1.29 is 19.7 Å². The average Bonchev–Trinajstić information content (AvgIpc) is 2.72. The molecule has 6 heteroatoms. The van der Waals surface area contributed by atoms with Crippen LogP contribution in [-0.2, 0) is 0 Å². The van der Waals surface area contributed by atoms with Crippen LogP contribution in [0.2, 0.25) is 0 Å². The summed E-state index contributed by atoms with van der Waals surface area (Å²) in [5.74, 6) is 1.05. The standard InChI is InChI=1S/C23H30N2O4/c1-5-23(4,25-15-18-11-9-13-20(22(18)27)29-7-3)16-24-14-17-10-8-12-19(21(17)26)28-6-2/h8-15,26-27H,5-7,16H2,1-4H3. The topological polar surface area (TPSA) is 83.6 Å². The van der Waals surface area contributed by atoms with Crippen molar-refractivity contribution >= 4 is 12.4 Å². The van der Waals surface area contributed by atoms with Crippen LogP contribution in [0.1, 0.15) is 45.2 Å². The molecule has 1 atom stereocenters. The van der Waals surface area contributed by atoms with Gasteiger partial charge < -0.3 is 19.7 Å². The maximum atomic E-state index is 10.3. The fourth-order valence-electron chi connectivity index (χ4n) is 2.64. The van der Waals surface area contributed by atoms with Crippen LogP contribution in [-0.4, -0.2) is 47.9 Å². The lowest BCUT2D eigenvalue weighted by Crippen LogP contribution is -2.25. The largest absolute Gasteiger partial charge is 0.504 e. The van der Waals surface area contributed by atoms with Crippen molar-refractivity contribution in [2.24, 2.45) is 9.98 Å². The molecule has 2 N–H and O–H groups in total. The second-order valence-electron chi connectivity index (χ2n) is 6.83. The number of ether oxygens (including phenoxy) is 2. The molecule has 2 aromatic carbocycles. The van der Waals surface area contributed by atoms with Crippen LogP contribution >= 0.6 is 0 Å². The van der Waals surface area contributed by atoms with Crippen LogP contribution in [0.3, 0.4) is 0 Å². The van der Waals surface area contributed by atoms with Crippen LogP contribution < -0.4 is 9.47 Å². The van der Waals surface area contributed by atoms with Crippen LogP contribution in [0.5, 0.6) is 23.0 Å². The summed E-state index contributed by atoms with van der Waals surface area (Å²) in [6, 6.07) is 10.7. The fourth-order valence-corrected chi connectivity index (χ4v) is 2.64. The van der Waals surface area contributed by atoms with Gasteiger partial charge in [0.05, 0.1) is 25.3 Å². The van der Waals surface area contributed by atoms with Crippen molar-refractivity contribution in [3.8, 4) is 23.0 Å². The summed E-state index contributed by atoms with van der Waals surface area (Å²) < 4.78 is 10.8. The molecule has 1 unspecified atom stereocenters. The molecule has 6 nitrogen and oxygen atoms in total. The molecule has 2 rings (SSSR count). The predicted octanol–water partition coefficient (Wildman–Crippen LogP) is 4.60. The Morgan fingerprint density at radius 2 is 1.38 bits per heavy atom. The second kappa shape index (κ2) is 10.5. The zero-order valence-corrected chi connectivity index (χ0v) is 17.6. The van der Waals surface area contributed by atoms with Crippen LogP contribution in [0.4, 0.5) is 0 Å². The number of rotatable bonds is 10. The normalized spacial score (nSPS) is 13.7. The van der Waals surface area contributed by atoms with Crippen molar-refractivity contribution in [3.63, 3.8) is 0 Å². The molecule has 0 aliphatic heterocycles. The fraction of sp³-hybridized carbons (Fsp3) is 0.391. The number of hydrogen-bond donors (Lipinski definition) is 2. The van der Waals surface area contributed by atoms with Gasteiger partial charge in [-0.25, -0.2) is 0 Å². The number of phenolic OH excluding ortho intramolecular Hbond substituents is 2. The van der Waals surface area contributed by atoms with E-state index in [4.69, 9.17) is 9.47 Å². The zero-order valence-electron chi connectivity index (χ0n) is 17.6. The minimum absolute atomic E-state index is 0.0810. The summed E-state index contributed by atoms with van der Waals surface area (Å²) in [7, 11) is 0. The number of phenols is 2. The quantitative estimate of drug-likeness (QED) is 0.573. The van der Waals surface area contributed by atoms with E-state index in [9.17, 15) is 10.2 Å². The first-order valence-electron chi connectivity index (χ1n) is 9.88. The molecule has 29 heavy (non-hydrogen) atoms. The maximum Gasteiger partial charge on any atom is 0.166 e. The number of aliphatic imine (C=N–C) groups is 2. The summed E-state index contributed by atoms with van der Waals surface area (Å²) in [6.45, 7) is 9.17. The Morgan fingerprint density at radius 3 is 1.86 bits per heavy atom. The summed E-state index contributed by atoms with van der Waals surface area (Å²) in [4.78, 5) is 9.15. The van der Waals surface area contributed by atoms with Crippen LogP contribution in [0.25, 0.3) is 0 Å². The van der Waals surface area contributed by atoms with E-state index >= 15 is 0 Å². The number of hydrogen-bond acceptors (Lipinski definition) is 6. The summed E-state index contributed by atoms with van der Waals surface area (Å²) in [5, 5.41) is 20.6. The van der Waals surface area contributed by atoms with Gasteiger partial charge in [0.1, 0.15) is 0 Å². The van der Waals surface area contributed by atoms with E-state index in [0.717, 1.165) is 6.42 Å². The van der Waals surface area contributed by atoms with Gasteiger partial charge in [0.2, 0.25) is 0 Å². The Morgan fingerprint density at radius 1 is 0.862 bits per heavy atom. The molecule has 0 radical (unpaired) electrons. The lowest BCUT2D eigenvalue weighted by molar-refractivity contribution is 0.318. The first-order valence-corrected chi connectivity index (χ1v) is 9.88. The Labute approximate surface area is 172 Å². The van der Waals surface area contributed by atoms with Gasteiger partial charge in [0.25, 0.3) is 0 Å². The molecule has 0 spiro atoms. The first kappa shape index (κ1) is 22.3. The van der Waals surface area contributed by atoms with Crippen molar-refractivity contribution in [1.82, 2.24) is 0 Å². The Kier molecular flexibility index (Phi) is 8.07. The zero-order chi connectivity index (χ0) is 21.3. The smallest absolute Gasteiger partial charge is 0.166 e. The van der Waals surface area contributed by atoms with Gasteiger partial charge in [-0.1, -0.05) is 19.1 Å². The highest BCUT2D eigenvalue weighted by atomic mass is 16.5. The molecule has 0 bridgehead atoms. The minimum Gasteiger partial charge on any atom is -0.504 e. The number of benzene rings is 2. The maximum absolute atomic E-state index is 10.3. The number of aromatic hydroxyl groups is 2. The highest BCUT2D eigenvalue weighted by molar-refractivity contribution is 5.86. The molecule has 0 aliphatic carbocycles. The van der Waals surface area contributed by atoms with Crippen molar-refractivity contribution in [3.05, 3.63) is 47.5 Å². The SMILES string of the molecule is CCOc1cccc(C=NCC(C)(CC)N=Cc2cccc(OCC)c2O)c1O. The number of para-hydroxylation sites is 2. The molecule has 2 aromatic rings. The summed E-state index contributed by atoms with van der Waals surface area (Å²) in [6.07, 6.45) is 4.05. The second-order valence-corrected chi connectivity index (χ2v) is 6.83. The lowest BCUT2D eigenvalue weighted by Gasteiger charge is -2.21. The van der Waals surface area contributed by atoms with E-state index in [1.807, 2.05) is 39.8 Å². The van der Waals surface area contributed by atoms with Gasteiger partial charge in [-0.2, -0.15) is 0 Å².